The maximum absolute atomic E-state index is 12.1. The van der Waals surface area contributed by atoms with Crippen LogP contribution >= 0.6 is 22.6 Å². The number of carbonyl (C=O) groups is 1. The molecule has 2 N–H and O–H groups in total. The Balaban J connectivity index is 1.69. The molecular formula is C22H18IN3O6. The number of methoxy groups -OCH3 is 1. The van der Waals surface area contributed by atoms with Crippen LogP contribution < -0.4 is 14.9 Å². The molecule has 0 fully saturated rings. The first-order valence-electron chi connectivity index (χ1n) is 9.24. The zero-order chi connectivity index (χ0) is 23.1. The van der Waals surface area contributed by atoms with Crippen molar-refractivity contribution in [1.29, 1.82) is 0 Å². The van der Waals surface area contributed by atoms with Crippen LogP contribution in [-0.4, -0.2) is 29.3 Å². The van der Waals surface area contributed by atoms with Gasteiger partial charge in [0.05, 0.1) is 27.4 Å². The summed E-state index contributed by atoms with van der Waals surface area (Å²) in [5, 5.41) is 24.4. The molecule has 3 rings (SSSR count). The molecule has 0 radical (unpaired) electrons. The van der Waals surface area contributed by atoms with Gasteiger partial charge in [-0.05, 0) is 70.1 Å². The maximum Gasteiger partial charge on any atom is 0.275 e. The second kappa shape index (κ2) is 10.6. The van der Waals surface area contributed by atoms with Crippen LogP contribution in [-0.2, 0) is 6.61 Å². The number of phenols is 1. The van der Waals surface area contributed by atoms with Crippen molar-refractivity contribution >= 4 is 40.4 Å². The molecule has 0 heterocycles. The van der Waals surface area contributed by atoms with Gasteiger partial charge in [-0.25, -0.2) is 5.43 Å². The number of hydrogen-bond acceptors (Lipinski definition) is 7. The Morgan fingerprint density at radius 1 is 1.22 bits per heavy atom. The van der Waals surface area contributed by atoms with E-state index in [4.69, 9.17) is 9.47 Å². The lowest BCUT2D eigenvalue weighted by atomic mass is 10.2. The minimum atomic E-state index is -0.538. The normalized spacial score (nSPS) is 10.7. The SMILES string of the molecule is COc1cc(/C=N\NC(=O)c2ccccc2O)cc(I)c1OCc1ccc([N+](=O)[O-])cc1. The summed E-state index contributed by atoms with van der Waals surface area (Å²) in [6.45, 7) is 0.203. The van der Waals surface area contributed by atoms with Crippen molar-refractivity contribution in [2.75, 3.05) is 7.11 Å². The van der Waals surface area contributed by atoms with E-state index in [0.717, 1.165) is 9.13 Å². The van der Waals surface area contributed by atoms with Crippen LogP contribution in [0.1, 0.15) is 21.5 Å². The molecule has 0 unspecified atom stereocenters. The summed E-state index contributed by atoms with van der Waals surface area (Å²) in [6, 6.07) is 15.8. The number of halogens is 1. The molecule has 9 nitrogen and oxygen atoms in total. The van der Waals surface area contributed by atoms with Gasteiger partial charge in [-0.3, -0.25) is 14.9 Å². The summed E-state index contributed by atoms with van der Waals surface area (Å²) >= 11 is 2.09. The lowest BCUT2D eigenvalue weighted by Gasteiger charge is -2.13. The summed E-state index contributed by atoms with van der Waals surface area (Å²) in [7, 11) is 1.50. The summed E-state index contributed by atoms with van der Waals surface area (Å²) in [5.74, 6) is 0.309. The number of nitro groups is 1. The molecule has 0 bridgehead atoms. The number of nitrogens with zero attached hydrogens (tertiary/aromatic N) is 2. The Hall–Kier alpha value is -3.67. The second-order valence-electron chi connectivity index (χ2n) is 6.46. The van der Waals surface area contributed by atoms with Gasteiger partial charge >= 0.3 is 0 Å². The van der Waals surface area contributed by atoms with Crippen LogP contribution in [0, 0.1) is 13.7 Å². The third kappa shape index (κ3) is 5.72. The van der Waals surface area contributed by atoms with Gasteiger partial charge in [-0.1, -0.05) is 12.1 Å². The summed E-state index contributed by atoms with van der Waals surface area (Å²) in [4.78, 5) is 22.4. The van der Waals surface area contributed by atoms with Crippen LogP contribution in [0.2, 0.25) is 0 Å². The maximum atomic E-state index is 12.1. The van der Waals surface area contributed by atoms with Crippen molar-refractivity contribution in [2.24, 2.45) is 5.10 Å². The van der Waals surface area contributed by atoms with Crippen LogP contribution in [0.3, 0.4) is 0 Å². The molecular weight excluding hydrogens is 529 g/mol. The Bertz CT molecular complexity index is 1160. The molecule has 3 aromatic rings. The number of hydrazone groups is 1. The fraction of sp³-hybridized carbons (Fsp3) is 0.0909. The molecule has 10 heteroatoms. The van der Waals surface area contributed by atoms with E-state index in [2.05, 4.69) is 33.1 Å². The van der Waals surface area contributed by atoms with Gasteiger partial charge < -0.3 is 14.6 Å². The zero-order valence-electron chi connectivity index (χ0n) is 16.8. The highest BCUT2D eigenvalue weighted by molar-refractivity contribution is 14.1. The van der Waals surface area contributed by atoms with E-state index in [-0.39, 0.29) is 23.6 Å². The number of nitrogens with one attached hydrogen (secondary N) is 1. The number of benzene rings is 3. The van der Waals surface area contributed by atoms with Crippen LogP contribution in [0.4, 0.5) is 5.69 Å². The average molecular weight is 547 g/mol. The van der Waals surface area contributed by atoms with E-state index < -0.39 is 10.8 Å². The number of aromatic hydroxyl groups is 1. The van der Waals surface area contributed by atoms with Gasteiger partial charge in [-0.2, -0.15) is 5.10 Å². The van der Waals surface area contributed by atoms with E-state index in [1.165, 1.54) is 37.6 Å². The first kappa shape index (κ1) is 23.0. The zero-order valence-corrected chi connectivity index (χ0v) is 19.0. The third-order valence-electron chi connectivity index (χ3n) is 4.31. The molecule has 3 aromatic carbocycles. The number of non-ortho nitro benzene ring substituents is 1. The quantitative estimate of drug-likeness (QED) is 0.188. The minimum absolute atomic E-state index is 0.0131. The molecule has 0 aliphatic carbocycles. The highest BCUT2D eigenvalue weighted by atomic mass is 127. The topological polar surface area (TPSA) is 123 Å². The first-order valence-corrected chi connectivity index (χ1v) is 10.3. The van der Waals surface area contributed by atoms with Crippen LogP contribution in [0.25, 0.3) is 0 Å². The lowest BCUT2D eigenvalue weighted by Crippen LogP contribution is -2.17. The van der Waals surface area contributed by atoms with Crippen LogP contribution in [0.15, 0.2) is 65.8 Å². The highest BCUT2D eigenvalue weighted by Crippen LogP contribution is 2.34. The van der Waals surface area contributed by atoms with E-state index in [1.54, 1.807) is 36.4 Å². The van der Waals surface area contributed by atoms with Crippen molar-refractivity contribution in [2.45, 2.75) is 6.61 Å². The molecule has 0 aliphatic heterocycles. The Morgan fingerprint density at radius 3 is 2.59 bits per heavy atom. The Kier molecular flexibility index (Phi) is 7.60. The smallest absolute Gasteiger partial charge is 0.275 e. The molecule has 0 saturated carbocycles. The number of nitro benzene ring substituents is 1. The molecule has 0 aliphatic rings. The van der Waals surface area contributed by atoms with Gasteiger partial charge in [0.25, 0.3) is 11.6 Å². The fourth-order valence-electron chi connectivity index (χ4n) is 2.72. The second-order valence-corrected chi connectivity index (χ2v) is 7.62. The number of rotatable bonds is 8. The monoisotopic (exact) mass is 547 g/mol. The molecule has 164 valence electrons. The molecule has 32 heavy (non-hydrogen) atoms. The van der Waals surface area contributed by atoms with E-state index in [0.29, 0.717) is 17.1 Å². The molecule has 0 aromatic heterocycles. The Labute approximate surface area is 197 Å². The Morgan fingerprint density at radius 2 is 1.94 bits per heavy atom. The number of phenolic OH excluding ortho intramolecular Hbond substituents is 1. The van der Waals surface area contributed by atoms with Crippen molar-refractivity contribution in [3.63, 3.8) is 0 Å². The van der Waals surface area contributed by atoms with Crippen molar-refractivity contribution in [3.05, 3.63) is 91.0 Å². The summed E-state index contributed by atoms with van der Waals surface area (Å²) < 4.78 is 12.0. The third-order valence-corrected chi connectivity index (χ3v) is 5.11. The fourth-order valence-corrected chi connectivity index (χ4v) is 3.50. The van der Waals surface area contributed by atoms with Gasteiger partial charge in [0.15, 0.2) is 11.5 Å². The van der Waals surface area contributed by atoms with Gasteiger partial charge in [0.1, 0.15) is 12.4 Å². The summed E-state index contributed by atoms with van der Waals surface area (Å²) in [6.07, 6.45) is 1.45. The molecule has 1 amide bonds. The largest absolute Gasteiger partial charge is 0.507 e. The number of para-hydroxylation sites is 1. The van der Waals surface area contributed by atoms with Gasteiger partial charge in [0, 0.05) is 12.1 Å². The number of hydrogen-bond donors (Lipinski definition) is 2. The van der Waals surface area contributed by atoms with Gasteiger partial charge in [0.2, 0.25) is 0 Å². The van der Waals surface area contributed by atoms with E-state index in [1.807, 2.05) is 0 Å². The van der Waals surface area contributed by atoms with Gasteiger partial charge in [-0.15, -0.1) is 0 Å². The standard InChI is InChI=1S/C22H18IN3O6/c1-31-20-11-15(12-24-25-22(28)17-4-2-3-5-19(17)27)10-18(23)21(20)32-13-14-6-8-16(9-7-14)26(29)30/h2-12,27H,13H2,1H3,(H,25,28)/b24-12-. The van der Waals surface area contributed by atoms with E-state index in [9.17, 15) is 20.0 Å². The minimum Gasteiger partial charge on any atom is -0.507 e. The first-order chi connectivity index (χ1) is 15.4. The predicted octanol–water partition coefficient (Wildman–Crippen LogP) is 4.26. The highest BCUT2D eigenvalue weighted by Gasteiger charge is 2.13. The molecule has 0 spiro atoms. The average Bonchev–Trinajstić information content (AvgIpc) is 2.78. The lowest BCUT2D eigenvalue weighted by molar-refractivity contribution is -0.384. The number of amides is 1. The number of ether oxygens (including phenoxy) is 2. The van der Waals surface area contributed by atoms with Crippen LogP contribution in [0.5, 0.6) is 17.2 Å². The van der Waals surface area contributed by atoms with Crippen molar-refractivity contribution in [3.8, 4) is 17.2 Å². The number of carbonyl (C=O) groups excluding carboxylic acids is 1. The molecule has 0 saturated heterocycles. The van der Waals surface area contributed by atoms with Crippen molar-refractivity contribution in [1.82, 2.24) is 5.43 Å². The van der Waals surface area contributed by atoms with Crippen molar-refractivity contribution < 1.29 is 24.3 Å². The summed E-state index contributed by atoms with van der Waals surface area (Å²) in [5.41, 5.74) is 3.93. The molecule has 0 atom stereocenters. The predicted molar refractivity (Wildman–Crippen MR) is 126 cm³/mol. The van der Waals surface area contributed by atoms with E-state index >= 15 is 0 Å².